The molecule has 2 unspecified atom stereocenters. The monoisotopic (exact) mass is 469 g/mol. The maximum atomic E-state index is 13.1. The van der Waals surface area contributed by atoms with Crippen molar-refractivity contribution < 1.29 is 22.7 Å². The number of nitrogens with one attached hydrogen (secondary N) is 1. The molecule has 2 aromatic carbocycles. The van der Waals surface area contributed by atoms with E-state index in [9.17, 15) is 8.42 Å². The Kier molecular flexibility index (Phi) is 7.24. The molecule has 1 fully saturated rings. The lowest BCUT2D eigenvalue weighted by Crippen LogP contribution is -2.39. The largest absolute Gasteiger partial charge is 0.493 e. The summed E-state index contributed by atoms with van der Waals surface area (Å²) in [5, 5.41) is 0.785. The average Bonchev–Trinajstić information content (AvgIpc) is 3.25. The second kappa shape index (κ2) is 10.3. The Bertz CT molecular complexity index is 1160. The van der Waals surface area contributed by atoms with Crippen molar-refractivity contribution in [1.82, 2.24) is 14.8 Å². The molecule has 1 saturated heterocycles. The van der Waals surface area contributed by atoms with Crippen molar-refractivity contribution in [3.63, 3.8) is 0 Å². The number of methoxy groups -OCH3 is 1. The van der Waals surface area contributed by atoms with E-state index in [1.807, 2.05) is 42.5 Å². The fourth-order valence-corrected chi connectivity index (χ4v) is 5.29. The van der Waals surface area contributed by atoms with Gasteiger partial charge in [-0.1, -0.05) is 42.5 Å². The topological polar surface area (TPSA) is 90.0 Å². The van der Waals surface area contributed by atoms with Crippen molar-refractivity contribution in [3.05, 3.63) is 89.7 Å². The van der Waals surface area contributed by atoms with E-state index in [1.165, 1.54) is 0 Å². The third-order valence-corrected chi connectivity index (χ3v) is 7.29. The molecule has 9 heteroatoms. The second-order valence-corrected chi connectivity index (χ2v) is 9.72. The fourth-order valence-electron chi connectivity index (χ4n) is 3.80. The summed E-state index contributed by atoms with van der Waals surface area (Å²) in [5.41, 5.74) is 2.58. The van der Waals surface area contributed by atoms with Crippen LogP contribution in [0.1, 0.15) is 22.7 Å². The normalized spacial score (nSPS) is 18.8. The lowest BCUT2D eigenvalue weighted by Gasteiger charge is -2.24. The quantitative estimate of drug-likeness (QED) is 0.515. The number of aromatic nitrogens is 1. The van der Waals surface area contributed by atoms with Crippen LogP contribution in [0.15, 0.2) is 73.1 Å². The van der Waals surface area contributed by atoms with Crippen molar-refractivity contribution in [2.45, 2.75) is 24.4 Å². The summed E-state index contributed by atoms with van der Waals surface area (Å²) in [6.45, 7) is 0.620. The van der Waals surface area contributed by atoms with Crippen molar-refractivity contribution >= 4 is 10.0 Å². The van der Waals surface area contributed by atoms with Gasteiger partial charge < -0.3 is 9.47 Å². The minimum absolute atomic E-state index is 0.0537. The van der Waals surface area contributed by atoms with E-state index in [-0.39, 0.29) is 13.2 Å². The summed E-state index contributed by atoms with van der Waals surface area (Å²) in [5.74, 6) is 1.11. The molecule has 0 saturated carbocycles. The maximum Gasteiger partial charge on any atom is 0.219 e. The Morgan fingerprint density at radius 3 is 2.61 bits per heavy atom. The number of hydroxylamine groups is 2. The molecule has 0 spiro atoms. The maximum absolute atomic E-state index is 13.1. The number of nitrogens with zero attached hydrogens (tertiary/aromatic N) is 2. The van der Waals surface area contributed by atoms with E-state index in [0.29, 0.717) is 18.1 Å². The van der Waals surface area contributed by atoms with E-state index in [0.717, 1.165) is 16.7 Å². The molecule has 2 atom stereocenters. The van der Waals surface area contributed by atoms with Gasteiger partial charge in [0.05, 0.1) is 19.8 Å². The van der Waals surface area contributed by atoms with Crippen molar-refractivity contribution in [1.29, 1.82) is 0 Å². The molecule has 1 aromatic heterocycles. The lowest BCUT2D eigenvalue weighted by atomic mass is 10.0. The Hall–Kier alpha value is -2.98. The Morgan fingerprint density at radius 1 is 1.09 bits per heavy atom. The molecule has 0 amide bonds. The van der Waals surface area contributed by atoms with Crippen LogP contribution < -0.4 is 14.2 Å². The van der Waals surface area contributed by atoms with E-state index in [4.69, 9.17) is 14.3 Å². The number of sulfonamides is 1. The smallest absolute Gasteiger partial charge is 0.219 e. The first-order valence-corrected chi connectivity index (χ1v) is 12.1. The summed E-state index contributed by atoms with van der Waals surface area (Å²) < 4.78 is 40.4. The minimum atomic E-state index is -3.68. The Labute approximate surface area is 194 Å². The minimum Gasteiger partial charge on any atom is -0.493 e. The van der Waals surface area contributed by atoms with E-state index in [2.05, 4.69) is 9.71 Å². The molecule has 1 aliphatic rings. The molecule has 0 aliphatic carbocycles. The summed E-state index contributed by atoms with van der Waals surface area (Å²) >= 11 is 0. The SMILES string of the molecule is COc1cc(C2C(S(=O)(=O)NCc3cccnc3)CON2C)ccc1OCc1ccccc1. The first-order chi connectivity index (χ1) is 16.0. The van der Waals surface area contributed by atoms with Crippen LogP contribution >= 0.6 is 0 Å². The van der Waals surface area contributed by atoms with Crippen LogP contribution in [0.2, 0.25) is 0 Å². The van der Waals surface area contributed by atoms with Crippen LogP contribution in [-0.2, 0) is 28.0 Å². The highest BCUT2D eigenvalue weighted by atomic mass is 32.2. The van der Waals surface area contributed by atoms with Gasteiger partial charge in [0.1, 0.15) is 11.9 Å². The molecular formula is C24H27N3O5S. The number of hydrogen-bond donors (Lipinski definition) is 1. The average molecular weight is 470 g/mol. The third-order valence-electron chi connectivity index (χ3n) is 5.55. The van der Waals surface area contributed by atoms with Crippen LogP contribution in [-0.4, -0.2) is 44.5 Å². The second-order valence-electron chi connectivity index (χ2n) is 7.74. The number of benzene rings is 2. The Morgan fingerprint density at radius 2 is 1.88 bits per heavy atom. The summed E-state index contributed by atoms with van der Waals surface area (Å²) in [6.07, 6.45) is 3.28. The van der Waals surface area contributed by atoms with Crippen LogP contribution in [0.4, 0.5) is 0 Å². The third kappa shape index (κ3) is 5.51. The summed E-state index contributed by atoms with van der Waals surface area (Å²) in [6, 6.07) is 18.4. The first kappa shape index (κ1) is 23.2. The van der Waals surface area contributed by atoms with Gasteiger partial charge in [-0.15, -0.1) is 0 Å². The highest BCUT2D eigenvalue weighted by molar-refractivity contribution is 7.90. The first-order valence-electron chi connectivity index (χ1n) is 10.6. The van der Waals surface area contributed by atoms with Crippen LogP contribution in [0, 0.1) is 0 Å². The van der Waals surface area contributed by atoms with Crippen LogP contribution in [0.3, 0.4) is 0 Å². The highest BCUT2D eigenvalue weighted by Gasteiger charge is 2.43. The molecule has 3 aromatic rings. The number of rotatable bonds is 9. The van der Waals surface area contributed by atoms with Crippen molar-refractivity contribution in [3.8, 4) is 11.5 Å². The zero-order valence-electron chi connectivity index (χ0n) is 18.5. The molecule has 33 heavy (non-hydrogen) atoms. The van der Waals surface area contributed by atoms with Crippen molar-refractivity contribution in [2.24, 2.45) is 0 Å². The Balaban J connectivity index is 1.51. The van der Waals surface area contributed by atoms with Crippen molar-refractivity contribution in [2.75, 3.05) is 20.8 Å². The van der Waals surface area contributed by atoms with Gasteiger partial charge in [-0.05, 0) is 34.9 Å². The molecule has 0 bridgehead atoms. The van der Waals surface area contributed by atoms with E-state index in [1.54, 1.807) is 49.8 Å². The standard InChI is InChI=1S/C24H27N3O5S/c1-27-24(23(17-32-27)33(28,29)26-15-19-9-6-12-25-14-19)20-10-11-21(22(13-20)30-2)31-16-18-7-4-3-5-8-18/h3-14,23-24,26H,15-17H2,1-2H3. The van der Waals surface area contributed by atoms with Gasteiger partial charge in [0, 0.05) is 26.0 Å². The molecule has 174 valence electrons. The molecule has 8 nitrogen and oxygen atoms in total. The fraction of sp³-hybridized carbons (Fsp3) is 0.292. The highest BCUT2D eigenvalue weighted by Crippen LogP contribution is 2.38. The summed E-state index contributed by atoms with van der Waals surface area (Å²) in [7, 11) is -0.389. The van der Waals surface area contributed by atoms with Crippen LogP contribution in [0.25, 0.3) is 0 Å². The van der Waals surface area contributed by atoms with Gasteiger partial charge in [-0.3, -0.25) is 9.82 Å². The zero-order valence-corrected chi connectivity index (χ0v) is 19.4. The number of pyridine rings is 1. The zero-order chi connectivity index (χ0) is 23.3. The van der Waals surface area contributed by atoms with Gasteiger partial charge in [0.25, 0.3) is 0 Å². The number of hydrogen-bond acceptors (Lipinski definition) is 7. The molecule has 4 rings (SSSR count). The lowest BCUT2D eigenvalue weighted by molar-refractivity contribution is -0.110. The van der Waals surface area contributed by atoms with Gasteiger partial charge >= 0.3 is 0 Å². The predicted molar refractivity (Wildman–Crippen MR) is 124 cm³/mol. The van der Waals surface area contributed by atoms with Crippen LogP contribution in [0.5, 0.6) is 11.5 Å². The molecular weight excluding hydrogens is 442 g/mol. The molecule has 1 N–H and O–H groups in total. The van der Waals surface area contributed by atoms with E-state index >= 15 is 0 Å². The molecule has 1 aliphatic heterocycles. The van der Waals surface area contributed by atoms with Gasteiger partial charge in [0.15, 0.2) is 11.5 Å². The van der Waals surface area contributed by atoms with E-state index < -0.39 is 21.3 Å². The molecule has 2 heterocycles. The molecule has 0 radical (unpaired) electrons. The van der Waals surface area contributed by atoms with Gasteiger partial charge in [0.2, 0.25) is 10.0 Å². The number of ether oxygens (including phenoxy) is 2. The predicted octanol–water partition coefficient (Wildman–Crippen LogP) is 3.08. The van der Waals surface area contributed by atoms with Gasteiger partial charge in [-0.25, -0.2) is 13.1 Å². The van der Waals surface area contributed by atoms with Gasteiger partial charge in [-0.2, -0.15) is 5.06 Å². The summed E-state index contributed by atoms with van der Waals surface area (Å²) in [4.78, 5) is 9.64.